The highest BCUT2D eigenvalue weighted by Gasteiger charge is 1.96. The Morgan fingerprint density at radius 3 is 1.60 bits per heavy atom. The molecular weight excluding hydrogens is 272 g/mol. The maximum absolute atomic E-state index is 10.6. The normalized spacial score (nSPS) is 9.85. The molecule has 0 amide bonds. The molecule has 0 fully saturated rings. The van der Waals surface area contributed by atoms with Crippen LogP contribution in [0.5, 0.6) is 0 Å². The van der Waals surface area contributed by atoms with Gasteiger partial charge in [-0.1, -0.05) is 13.3 Å². The second kappa shape index (κ2) is 12.8. The molecule has 112 valence electrons. The highest BCUT2D eigenvalue weighted by atomic mass is 16.5. The summed E-state index contributed by atoms with van der Waals surface area (Å²) in [6.07, 6.45) is 4.51. The summed E-state index contributed by atoms with van der Waals surface area (Å²) in [6, 6.07) is 0. The van der Waals surface area contributed by atoms with Gasteiger partial charge in [0.15, 0.2) is 0 Å². The maximum Gasteiger partial charge on any atom is 0.331 e. The molecule has 0 atom stereocenters. The molecule has 3 N–H and O–H groups in total. The smallest absolute Gasteiger partial charge is 0.331 e. The minimum absolute atomic E-state index is 0.347. The summed E-state index contributed by atoms with van der Waals surface area (Å²) in [7, 11) is 0. The van der Waals surface area contributed by atoms with Crippen LogP contribution < -0.4 is 0 Å². The Bertz CT molecular complexity index is 378. The largest absolute Gasteiger partial charge is 0.478 e. The van der Waals surface area contributed by atoms with Crippen LogP contribution in [0.25, 0.3) is 0 Å². The Morgan fingerprint density at radius 2 is 1.25 bits per heavy atom. The van der Waals surface area contributed by atoms with Gasteiger partial charge in [-0.2, -0.15) is 0 Å². The summed E-state index contributed by atoms with van der Waals surface area (Å²) in [6.45, 7) is 2.32. The highest BCUT2D eigenvalue weighted by molar-refractivity contribution is 5.90. The predicted octanol–water partition coefficient (Wildman–Crippen LogP) is 0.682. The van der Waals surface area contributed by atoms with Gasteiger partial charge >= 0.3 is 23.9 Å². The molecule has 0 saturated heterocycles. The van der Waals surface area contributed by atoms with Crippen LogP contribution in [0.2, 0.25) is 0 Å². The van der Waals surface area contributed by atoms with Gasteiger partial charge in [-0.05, 0) is 6.42 Å². The van der Waals surface area contributed by atoms with Crippen molar-refractivity contribution in [2.45, 2.75) is 19.8 Å². The van der Waals surface area contributed by atoms with Gasteiger partial charge in [-0.15, -0.1) is 0 Å². The summed E-state index contributed by atoms with van der Waals surface area (Å²) in [5.74, 6) is -4.27. The van der Waals surface area contributed by atoms with Crippen LogP contribution in [0.1, 0.15) is 19.8 Å². The molecule has 0 heterocycles. The number of unbranched alkanes of at least 4 members (excludes halogenated alkanes) is 1. The van der Waals surface area contributed by atoms with Crippen molar-refractivity contribution in [2.24, 2.45) is 0 Å². The molecule has 0 aromatic rings. The summed E-state index contributed by atoms with van der Waals surface area (Å²) in [5.41, 5.74) is 0. The fraction of sp³-hybridized carbons (Fsp3) is 0.333. The quantitative estimate of drug-likeness (QED) is 0.353. The van der Waals surface area contributed by atoms with Crippen molar-refractivity contribution in [1.29, 1.82) is 0 Å². The number of carboxylic acid groups (broad SMARTS) is 3. The monoisotopic (exact) mass is 288 g/mol. The van der Waals surface area contributed by atoms with Gasteiger partial charge in [0, 0.05) is 24.3 Å². The first-order valence-corrected chi connectivity index (χ1v) is 5.51. The Kier molecular flexibility index (Phi) is 12.6. The average Bonchev–Trinajstić information content (AvgIpc) is 2.35. The number of esters is 1. The number of carbonyl (C=O) groups is 4. The molecule has 8 nitrogen and oxygen atoms in total. The van der Waals surface area contributed by atoms with Crippen LogP contribution in [0.4, 0.5) is 0 Å². The number of aliphatic carboxylic acids is 3. The van der Waals surface area contributed by atoms with Crippen LogP contribution in [-0.2, 0) is 23.9 Å². The van der Waals surface area contributed by atoms with E-state index in [-0.39, 0.29) is 0 Å². The molecule has 0 radical (unpaired) electrons. The van der Waals surface area contributed by atoms with Crippen LogP contribution in [0, 0.1) is 0 Å². The highest BCUT2D eigenvalue weighted by Crippen LogP contribution is 1.89. The lowest BCUT2D eigenvalue weighted by Gasteiger charge is -1.97. The summed E-state index contributed by atoms with van der Waals surface area (Å²) in [4.78, 5) is 39.7. The molecule has 0 aliphatic heterocycles. The third-order valence-corrected chi connectivity index (χ3v) is 1.47. The number of hydrogen-bond acceptors (Lipinski definition) is 5. The second-order valence-electron chi connectivity index (χ2n) is 3.20. The van der Waals surface area contributed by atoms with Crippen LogP contribution in [0.3, 0.4) is 0 Å². The van der Waals surface area contributed by atoms with E-state index in [1.54, 1.807) is 0 Å². The lowest BCUT2D eigenvalue weighted by Crippen LogP contribution is -2.02. The molecule has 0 aromatic carbocycles. The van der Waals surface area contributed by atoms with Crippen LogP contribution in [-0.4, -0.2) is 45.8 Å². The number of rotatable bonds is 7. The van der Waals surface area contributed by atoms with Gasteiger partial charge in [0.2, 0.25) is 0 Å². The average molecular weight is 288 g/mol. The third-order valence-electron chi connectivity index (χ3n) is 1.47. The van der Waals surface area contributed by atoms with E-state index in [2.05, 4.69) is 4.74 Å². The first-order valence-electron chi connectivity index (χ1n) is 5.51. The van der Waals surface area contributed by atoms with Crippen molar-refractivity contribution in [2.75, 3.05) is 6.61 Å². The third kappa shape index (κ3) is 20.7. The molecule has 0 spiro atoms. The van der Waals surface area contributed by atoms with Gasteiger partial charge in [0.25, 0.3) is 0 Å². The zero-order valence-electron chi connectivity index (χ0n) is 10.8. The molecule has 0 unspecified atom stereocenters. The Balaban J connectivity index is 0. The van der Waals surface area contributed by atoms with E-state index in [0.29, 0.717) is 18.8 Å². The topological polar surface area (TPSA) is 138 Å². The van der Waals surface area contributed by atoms with Gasteiger partial charge < -0.3 is 20.1 Å². The van der Waals surface area contributed by atoms with Crippen molar-refractivity contribution < 1.29 is 39.2 Å². The molecule has 8 heteroatoms. The van der Waals surface area contributed by atoms with Crippen molar-refractivity contribution >= 4 is 23.9 Å². The van der Waals surface area contributed by atoms with Crippen molar-refractivity contribution in [3.63, 3.8) is 0 Å². The van der Waals surface area contributed by atoms with Gasteiger partial charge in [0.05, 0.1) is 6.61 Å². The SMILES string of the molecule is CCCCOC(=O)/C=C\C(=O)O.O=C(O)/C=C\C(=O)O. The minimum atomic E-state index is -1.26. The van der Waals surface area contributed by atoms with Crippen molar-refractivity contribution in [3.05, 3.63) is 24.3 Å². The van der Waals surface area contributed by atoms with E-state index in [1.807, 2.05) is 6.92 Å². The molecule has 0 bridgehead atoms. The van der Waals surface area contributed by atoms with E-state index in [0.717, 1.165) is 25.0 Å². The van der Waals surface area contributed by atoms with Gasteiger partial charge in [-0.25, -0.2) is 19.2 Å². The summed E-state index contributed by atoms with van der Waals surface area (Å²) < 4.78 is 4.64. The molecule has 0 aliphatic rings. The molecule has 20 heavy (non-hydrogen) atoms. The molecule has 0 aliphatic carbocycles. The Labute approximate surface area is 115 Å². The second-order valence-corrected chi connectivity index (χ2v) is 3.20. The van der Waals surface area contributed by atoms with E-state index < -0.39 is 23.9 Å². The number of carboxylic acids is 3. The first kappa shape index (κ1) is 19.7. The zero-order valence-corrected chi connectivity index (χ0v) is 10.8. The maximum atomic E-state index is 10.6. The van der Waals surface area contributed by atoms with Gasteiger partial charge in [-0.3, -0.25) is 0 Å². The number of carbonyl (C=O) groups excluding carboxylic acids is 1. The number of hydrogen-bond donors (Lipinski definition) is 3. The zero-order chi connectivity index (χ0) is 16.0. The first-order chi connectivity index (χ1) is 9.29. The Morgan fingerprint density at radius 1 is 0.850 bits per heavy atom. The minimum Gasteiger partial charge on any atom is -0.478 e. The standard InChI is InChI=1S/C8H12O4.C4H4O4/c1-2-3-6-12-8(11)5-4-7(9)10;5-3(6)1-2-4(7)8/h4-5H,2-3,6H2,1H3,(H,9,10);1-2H,(H,5,6)(H,7,8)/b5-4-;2-1-. The fourth-order valence-corrected chi connectivity index (χ4v) is 0.647. The van der Waals surface area contributed by atoms with E-state index >= 15 is 0 Å². The lowest BCUT2D eigenvalue weighted by atomic mass is 10.4. The van der Waals surface area contributed by atoms with E-state index in [9.17, 15) is 19.2 Å². The Hall–Kier alpha value is -2.64. The summed E-state index contributed by atoms with van der Waals surface area (Å²) >= 11 is 0. The van der Waals surface area contributed by atoms with Gasteiger partial charge in [0.1, 0.15) is 0 Å². The van der Waals surface area contributed by atoms with E-state index in [4.69, 9.17) is 15.3 Å². The summed E-state index contributed by atoms with van der Waals surface area (Å²) in [5, 5.41) is 23.8. The molecule has 0 saturated carbocycles. The fourth-order valence-electron chi connectivity index (χ4n) is 0.647. The van der Waals surface area contributed by atoms with Crippen LogP contribution >= 0.6 is 0 Å². The lowest BCUT2D eigenvalue weighted by molar-refractivity contribution is -0.138. The predicted molar refractivity (Wildman–Crippen MR) is 67.1 cm³/mol. The van der Waals surface area contributed by atoms with E-state index in [1.165, 1.54) is 0 Å². The van der Waals surface area contributed by atoms with Crippen molar-refractivity contribution in [3.8, 4) is 0 Å². The molecular formula is C12H16O8. The molecule has 0 aromatic heterocycles. The van der Waals surface area contributed by atoms with Crippen LogP contribution in [0.15, 0.2) is 24.3 Å². The number of ether oxygens (including phenoxy) is 1. The molecule has 0 rings (SSSR count). The van der Waals surface area contributed by atoms with Crippen molar-refractivity contribution in [1.82, 2.24) is 0 Å².